The maximum absolute atomic E-state index is 12.5. The number of aliphatic carboxylic acids is 1. The Kier molecular flexibility index (Phi) is 6.34. The lowest BCUT2D eigenvalue weighted by Gasteiger charge is -2.18. The summed E-state index contributed by atoms with van der Waals surface area (Å²) in [6, 6.07) is 3.96. The van der Waals surface area contributed by atoms with Crippen molar-refractivity contribution in [1.29, 1.82) is 0 Å². The van der Waals surface area contributed by atoms with Crippen molar-refractivity contribution in [3.63, 3.8) is 0 Å². The van der Waals surface area contributed by atoms with Crippen molar-refractivity contribution >= 4 is 11.9 Å². The van der Waals surface area contributed by atoms with Gasteiger partial charge in [0.25, 0.3) is 5.91 Å². The van der Waals surface area contributed by atoms with Crippen molar-refractivity contribution in [1.82, 2.24) is 5.32 Å². The molecule has 0 bridgehead atoms. The van der Waals surface area contributed by atoms with E-state index in [-0.39, 0.29) is 0 Å². The number of nitrogens with one attached hydrogen (secondary N) is 1. The van der Waals surface area contributed by atoms with E-state index in [1.54, 1.807) is 6.07 Å². The average Bonchev–Trinajstić information content (AvgIpc) is 2.43. The zero-order valence-electron chi connectivity index (χ0n) is 13.2. The van der Waals surface area contributed by atoms with Gasteiger partial charge in [0, 0.05) is 0 Å². The van der Waals surface area contributed by atoms with Gasteiger partial charge in [0.05, 0.1) is 0 Å². The molecular weight excluding hydrogens is 289 g/mol. The summed E-state index contributed by atoms with van der Waals surface area (Å²) in [5, 5.41) is 10.8. The minimum absolute atomic E-state index is 0.385. The monoisotopic (exact) mass is 311 g/mol. The molecule has 0 aliphatic rings. The lowest BCUT2D eigenvalue weighted by Crippen LogP contribution is -2.47. The Labute approximate surface area is 129 Å². The molecule has 0 heterocycles. The average molecular weight is 311 g/mol. The van der Waals surface area contributed by atoms with Gasteiger partial charge in [0.2, 0.25) is 0 Å². The minimum Gasteiger partial charge on any atom is -0.481 e. The van der Waals surface area contributed by atoms with E-state index in [9.17, 15) is 14.0 Å². The Morgan fingerprint density at radius 3 is 2.41 bits per heavy atom. The zero-order chi connectivity index (χ0) is 16.9. The highest BCUT2D eigenvalue weighted by atomic mass is 19.1. The van der Waals surface area contributed by atoms with Crippen molar-refractivity contribution in [3.05, 3.63) is 29.3 Å². The fraction of sp³-hybridized carbons (Fsp3) is 0.500. The number of carbonyl (C=O) groups is 2. The fourth-order valence-corrected chi connectivity index (χ4v) is 2.08. The van der Waals surface area contributed by atoms with Crippen LogP contribution in [0, 0.1) is 6.92 Å². The van der Waals surface area contributed by atoms with E-state index < -0.39 is 30.7 Å². The molecule has 1 aromatic carbocycles. The molecule has 0 fully saturated rings. The number of rotatable bonds is 7. The van der Waals surface area contributed by atoms with Crippen molar-refractivity contribution in [2.75, 3.05) is 6.67 Å². The summed E-state index contributed by atoms with van der Waals surface area (Å²) >= 11 is 0. The number of benzene rings is 1. The maximum Gasteiger partial charge on any atom is 0.328 e. The zero-order valence-corrected chi connectivity index (χ0v) is 13.2. The molecule has 2 atom stereocenters. The van der Waals surface area contributed by atoms with Gasteiger partial charge in [-0.15, -0.1) is 0 Å². The van der Waals surface area contributed by atoms with Crippen LogP contribution in [-0.4, -0.2) is 35.8 Å². The molecule has 2 N–H and O–H groups in total. The molecule has 0 saturated heterocycles. The van der Waals surface area contributed by atoms with E-state index >= 15 is 0 Å². The minimum atomic E-state index is -1.55. The molecule has 22 heavy (non-hydrogen) atoms. The van der Waals surface area contributed by atoms with Gasteiger partial charge in [0.1, 0.15) is 12.4 Å². The van der Waals surface area contributed by atoms with Crippen LogP contribution in [0.4, 0.5) is 4.39 Å². The first kappa shape index (κ1) is 17.9. The molecule has 5 nitrogen and oxygen atoms in total. The molecule has 2 unspecified atom stereocenters. The highest BCUT2D eigenvalue weighted by Crippen LogP contribution is 2.24. The molecule has 0 saturated carbocycles. The molecule has 1 aromatic rings. The van der Waals surface area contributed by atoms with Crippen LogP contribution in [0.5, 0.6) is 5.75 Å². The van der Waals surface area contributed by atoms with Gasteiger partial charge in [-0.3, -0.25) is 4.79 Å². The Morgan fingerprint density at radius 1 is 1.32 bits per heavy atom. The highest BCUT2D eigenvalue weighted by Gasteiger charge is 2.23. The Hall–Kier alpha value is -2.11. The van der Waals surface area contributed by atoms with Crippen molar-refractivity contribution in [2.45, 2.75) is 45.8 Å². The molecular formula is C16H22FNO4. The van der Waals surface area contributed by atoms with Gasteiger partial charge in [-0.1, -0.05) is 19.9 Å². The summed E-state index contributed by atoms with van der Waals surface area (Å²) in [4.78, 5) is 22.5. The number of aryl methyl sites for hydroxylation is 1. The van der Waals surface area contributed by atoms with Gasteiger partial charge in [-0.25, -0.2) is 9.18 Å². The second-order valence-electron chi connectivity index (χ2n) is 5.49. The van der Waals surface area contributed by atoms with Crippen LogP contribution in [0.1, 0.15) is 37.8 Å². The number of carboxylic acid groups (broad SMARTS) is 1. The summed E-state index contributed by atoms with van der Waals surface area (Å²) in [5.74, 6) is -1.19. The van der Waals surface area contributed by atoms with Gasteiger partial charge in [0.15, 0.2) is 12.1 Å². The summed E-state index contributed by atoms with van der Waals surface area (Å²) in [7, 11) is 0. The smallest absolute Gasteiger partial charge is 0.328 e. The van der Waals surface area contributed by atoms with E-state index in [0.29, 0.717) is 11.7 Å². The predicted molar refractivity (Wildman–Crippen MR) is 80.9 cm³/mol. The van der Waals surface area contributed by atoms with E-state index in [4.69, 9.17) is 9.84 Å². The second-order valence-corrected chi connectivity index (χ2v) is 5.49. The van der Waals surface area contributed by atoms with E-state index in [2.05, 4.69) is 19.2 Å². The first-order chi connectivity index (χ1) is 10.3. The summed E-state index contributed by atoms with van der Waals surface area (Å²) < 4.78 is 18.0. The van der Waals surface area contributed by atoms with Crippen LogP contribution >= 0.6 is 0 Å². The van der Waals surface area contributed by atoms with Crippen LogP contribution in [0.25, 0.3) is 0 Å². The molecule has 0 aromatic heterocycles. The van der Waals surface area contributed by atoms with Crippen LogP contribution in [-0.2, 0) is 9.59 Å². The Bertz CT molecular complexity index is 545. The van der Waals surface area contributed by atoms with E-state index in [1.807, 2.05) is 19.1 Å². The third-order valence-electron chi connectivity index (χ3n) is 3.31. The fourth-order valence-electron chi connectivity index (χ4n) is 2.08. The number of hydrogen-bond donors (Lipinski definition) is 2. The van der Waals surface area contributed by atoms with Gasteiger partial charge in [-0.2, -0.15) is 0 Å². The number of halogens is 1. The van der Waals surface area contributed by atoms with Crippen molar-refractivity contribution in [3.8, 4) is 5.75 Å². The maximum atomic E-state index is 12.5. The molecule has 0 radical (unpaired) electrons. The number of alkyl halides is 1. The van der Waals surface area contributed by atoms with E-state index in [1.165, 1.54) is 12.5 Å². The van der Waals surface area contributed by atoms with E-state index in [0.717, 1.165) is 5.56 Å². The van der Waals surface area contributed by atoms with Crippen LogP contribution in [0.15, 0.2) is 18.2 Å². The molecule has 0 spiro atoms. The van der Waals surface area contributed by atoms with Gasteiger partial charge < -0.3 is 15.2 Å². The number of amides is 1. The first-order valence-corrected chi connectivity index (χ1v) is 7.12. The Morgan fingerprint density at radius 2 is 1.95 bits per heavy atom. The van der Waals surface area contributed by atoms with Crippen LogP contribution < -0.4 is 10.1 Å². The largest absolute Gasteiger partial charge is 0.481 e. The standard InChI is InChI=1S/C16H22FNO4/c1-9(2)13-6-5-12(7-10(13)3)22-11(4)15(19)18-14(8-17)16(20)21/h5-7,9,11,14H,8H2,1-4H3,(H,18,19)(H,20,21). The molecule has 1 amide bonds. The third-order valence-corrected chi connectivity index (χ3v) is 3.31. The number of hydrogen-bond acceptors (Lipinski definition) is 3. The van der Waals surface area contributed by atoms with Gasteiger partial charge >= 0.3 is 5.97 Å². The summed E-state index contributed by atoms with van der Waals surface area (Å²) in [6.07, 6.45) is -0.919. The summed E-state index contributed by atoms with van der Waals surface area (Å²) in [5.41, 5.74) is 2.24. The third kappa shape index (κ3) is 4.72. The molecule has 1 rings (SSSR count). The lowest BCUT2D eigenvalue weighted by molar-refractivity contribution is -0.143. The van der Waals surface area contributed by atoms with Crippen molar-refractivity contribution in [2.24, 2.45) is 0 Å². The normalized spacial score (nSPS) is 13.5. The second kappa shape index (κ2) is 7.77. The number of carboxylic acids is 1. The quantitative estimate of drug-likeness (QED) is 0.811. The highest BCUT2D eigenvalue weighted by molar-refractivity contribution is 5.86. The SMILES string of the molecule is Cc1cc(OC(C)C(=O)NC(CF)C(=O)O)ccc1C(C)C. The Balaban J connectivity index is 2.72. The molecule has 6 heteroatoms. The predicted octanol–water partition coefficient (Wildman–Crippen LogP) is 2.42. The van der Waals surface area contributed by atoms with Crippen LogP contribution in [0.2, 0.25) is 0 Å². The molecule has 122 valence electrons. The first-order valence-electron chi connectivity index (χ1n) is 7.12. The lowest BCUT2D eigenvalue weighted by atomic mass is 9.98. The summed E-state index contributed by atoms with van der Waals surface area (Å²) in [6.45, 7) is 6.44. The number of ether oxygens (including phenoxy) is 1. The molecule has 0 aliphatic carbocycles. The van der Waals surface area contributed by atoms with Crippen LogP contribution in [0.3, 0.4) is 0 Å². The van der Waals surface area contributed by atoms with Crippen molar-refractivity contribution < 1.29 is 23.8 Å². The number of carbonyl (C=O) groups excluding carboxylic acids is 1. The molecule has 0 aliphatic heterocycles. The topological polar surface area (TPSA) is 75.6 Å². The van der Waals surface area contributed by atoms with Gasteiger partial charge in [-0.05, 0) is 43.0 Å².